The van der Waals surface area contributed by atoms with Gasteiger partial charge in [-0.1, -0.05) is 30.3 Å². The molecule has 0 saturated heterocycles. The van der Waals surface area contributed by atoms with Crippen LogP contribution >= 0.6 is 0 Å². The summed E-state index contributed by atoms with van der Waals surface area (Å²) >= 11 is 0. The molecule has 6 nitrogen and oxygen atoms in total. The van der Waals surface area contributed by atoms with Gasteiger partial charge in [0.05, 0.1) is 0 Å². The highest BCUT2D eigenvalue weighted by Gasteiger charge is 2.07. The van der Waals surface area contributed by atoms with Crippen LogP contribution in [0.2, 0.25) is 0 Å². The Kier molecular flexibility index (Phi) is 3.42. The molecule has 0 aliphatic rings. The Morgan fingerprint density at radius 1 is 1.36 bits per heavy atom. The molecule has 0 bridgehead atoms. The lowest BCUT2D eigenvalue weighted by Gasteiger charge is -2.01. The molecule has 0 aromatic heterocycles. The predicted octanol–water partition coefficient (Wildman–Crippen LogP) is 1.53. The molecule has 0 N–H and O–H groups in total. The standard InChI is InChI=1S/C8H7NO5/c10-8(14-9(11)12)13-6-7-4-2-1-3-5-7/h1-5H,6H2. The van der Waals surface area contributed by atoms with Crippen molar-refractivity contribution in [2.24, 2.45) is 0 Å². The number of ether oxygens (including phenoxy) is 1. The van der Waals surface area contributed by atoms with Crippen LogP contribution in [0.1, 0.15) is 5.56 Å². The minimum Gasteiger partial charge on any atom is -0.441 e. The van der Waals surface area contributed by atoms with Gasteiger partial charge in [-0.2, -0.15) is 4.84 Å². The molecule has 0 atom stereocenters. The lowest BCUT2D eigenvalue weighted by atomic mass is 10.2. The van der Waals surface area contributed by atoms with Crippen molar-refractivity contribution in [3.05, 3.63) is 46.0 Å². The van der Waals surface area contributed by atoms with Crippen molar-refractivity contribution in [2.45, 2.75) is 6.61 Å². The zero-order valence-electron chi connectivity index (χ0n) is 7.08. The van der Waals surface area contributed by atoms with Crippen LogP contribution in [0.4, 0.5) is 4.79 Å². The fourth-order valence-corrected chi connectivity index (χ4v) is 0.804. The molecule has 6 heteroatoms. The maximum atomic E-state index is 10.5. The first-order chi connectivity index (χ1) is 6.68. The average Bonchev–Trinajstić information content (AvgIpc) is 2.15. The maximum Gasteiger partial charge on any atom is 0.486 e. The van der Waals surface area contributed by atoms with Gasteiger partial charge in [0.2, 0.25) is 0 Å². The molecule has 1 aromatic carbocycles. The van der Waals surface area contributed by atoms with E-state index in [9.17, 15) is 14.9 Å². The van der Waals surface area contributed by atoms with Gasteiger partial charge < -0.3 is 4.74 Å². The van der Waals surface area contributed by atoms with E-state index in [1.807, 2.05) is 0 Å². The summed E-state index contributed by atoms with van der Waals surface area (Å²) in [5.74, 6) is 0. The molecule has 0 amide bonds. The van der Waals surface area contributed by atoms with Crippen molar-refractivity contribution >= 4 is 6.16 Å². The highest BCUT2D eigenvalue weighted by molar-refractivity contribution is 5.58. The van der Waals surface area contributed by atoms with Crippen molar-refractivity contribution in [3.8, 4) is 0 Å². The number of carbonyl (C=O) groups is 1. The van der Waals surface area contributed by atoms with Crippen LogP contribution in [0.5, 0.6) is 0 Å². The third kappa shape index (κ3) is 3.53. The van der Waals surface area contributed by atoms with E-state index >= 15 is 0 Å². The van der Waals surface area contributed by atoms with Crippen molar-refractivity contribution < 1.29 is 19.5 Å². The third-order valence-corrected chi connectivity index (χ3v) is 1.35. The summed E-state index contributed by atoms with van der Waals surface area (Å²) in [4.78, 5) is 23.8. The van der Waals surface area contributed by atoms with Crippen LogP contribution in [0, 0.1) is 10.1 Å². The third-order valence-electron chi connectivity index (χ3n) is 1.35. The largest absolute Gasteiger partial charge is 0.486 e. The van der Waals surface area contributed by atoms with Crippen LogP contribution in [0.3, 0.4) is 0 Å². The second kappa shape index (κ2) is 4.80. The Morgan fingerprint density at radius 2 is 2.00 bits per heavy atom. The van der Waals surface area contributed by atoms with Crippen LogP contribution in [-0.2, 0) is 16.2 Å². The highest BCUT2D eigenvalue weighted by atomic mass is 17.0. The minimum atomic E-state index is -1.32. The van der Waals surface area contributed by atoms with E-state index in [1.54, 1.807) is 30.3 Å². The first-order valence-electron chi connectivity index (χ1n) is 3.71. The van der Waals surface area contributed by atoms with Crippen molar-refractivity contribution in [2.75, 3.05) is 0 Å². The summed E-state index contributed by atoms with van der Waals surface area (Å²) < 4.78 is 4.44. The van der Waals surface area contributed by atoms with Crippen molar-refractivity contribution in [1.29, 1.82) is 0 Å². The van der Waals surface area contributed by atoms with E-state index in [-0.39, 0.29) is 6.61 Å². The van der Waals surface area contributed by atoms with Crippen LogP contribution < -0.4 is 0 Å². The van der Waals surface area contributed by atoms with Gasteiger partial charge in [-0.25, -0.2) is 4.79 Å². The summed E-state index contributed by atoms with van der Waals surface area (Å²) in [6.07, 6.45) is -1.32. The highest BCUT2D eigenvalue weighted by Crippen LogP contribution is 2.01. The van der Waals surface area contributed by atoms with Gasteiger partial charge >= 0.3 is 11.2 Å². The SMILES string of the molecule is O=C(OCc1ccccc1)O[N+](=O)[O-]. The smallest absolute Gasteiger partial charge is 0.441 e. The number of rotatable bonds is 3. The summed E-state index contributed by atoms with van der Waals surface area (Å²) in [6.45, 7) is -0.0481. The second-order valence-corrected chi connectivity index (χ2v) is 2.34. The van der Waals surface area contributed by atoms with Crippen LogP contribution in [0.15, 0.2) is 30.3 Å². The molecular formula is C8H7NO5. The van der Waals surface area contributed by atoms with Crippen molar-refractivity contribution in [1.82, 2.24) is 0 Å². The van der Waals surface area contributed by atoms with E-state index in [0.717, 1.165) is 5.56 Å². The Balaban J connectivity index is 2.34. The van der Waals surface area contributed by atoms with Gasteiger partial charge in [0.25, 0.3) is 0 Å². The van der Waals surface area contributed by atoms with Crippen LogP contribution in [0.25, 0.3) is 0 Å². The second-order valence-electron chi connectivity index (χ2n) is 2.34. The molecule has 0 radical (unpaired) electrons. The molecule has 0 heterocycles. The molecule has 0 unspecified atom stereocenters. The van der Waals surface area contributed by atoms with Crippen molar-refractivity contribution in [3.63, 3.8) is 0 Å². The topological polar surface area (TPSA) is 78.7 Å². The molecule has 0 spiro atoms. The molecule has 14 heavy (non-hydrogen) atoms. The van der Waals surface area contributed by atoms with Crippen LogP contribution in [-0.4, -0.2) is 11.2 Å². The van der Waals surface area contributed by atoms with E-state index in [4.69, 9.17) is 0 Å². The Bertz CT molecular complexity index is 324. The number of hydrogen-bond donors (Lipinski definition) is 0. The summed E-state index contributed by atoms with van der Waals surface area (Å²) in [7, 11) is 0. The lowest BCUT2D eigenvalue weighted by molar-refractivity contribution is -0.730. The summed E-state index contributed by atoms with van der Waals surface area (Å²) in [5, 5.41) is 8.49. The Morgan fingerprint density at radius 3 is 2.57 bits per heavy atom. The van der Waals surface area contributed by atoms with Gasteiger partial charge in [-0.15, -0.1) is 10.1 Å². The molecule has 1 rings (SSSR count). The van der Waals surface area contributed by atoms with Gasteiger partial charge in [-0.3, -0.25) is 0 Å². The fourth-order valence-electron chi connectivity index (χ4n) is 0.804. The monoisotopic (exact) mass is 197 g/mol. The number of carbonyl (C=O) groups excluding carboxylic acids is 1. The summed E-state index contributed by atoms with van der Waals surface area (Å²) in [6, 6.07) is 8.77. The predicted molar refractivity (Wildman–Crippen MR) is 44.7 cm³/mol. The average molecular weight is 197 g/mol. The number of nitrogens with zero attached hydrogens (tertiary/aromatic N) is 1. The van der Waals surface area contributed by atoms with E-state index in [1.165, 1.54) is 0 Å². The molecule has 1 aromatic rings. The van der Waals surface area contributed by atoms with Gasteiger partial charge in [0.1, 0.15) is 6.61 Å². The normalized spacial score (nSPS) is 9.14. The molecule has 0 aliphatic heterocycles. The Hall–Kier alpha value is -2.11. The summed E-state index contributed by atoms with van der Waals surface area (Å²) in [5.41, 5.74) is 0.729. The lowest BCUT2D eigenvalue weighted by Crippen LogP contribution is -2.11. The maximum absolute atomic E-state index is 10.5. The molecule has 0 saturated carbocycles. The fraction of sp³-hybridized carbons (Fsp3) is 0.125. The van der Waals surface area contributed by atoms with Gasteiger partial charge in [0, 0.05) is 0 Å². The molecule has 0 fully saturated rings. The van der Waals surface area contributed by atoms with E-state index in [2.05, 4.69) is 9.57 Å². The zero-order chi connectivity index (χ0) is 10.4. The minimum absolute atomic E-state index is 0.0481. The molecule has 74 valence electrons. The first kappa shape index (κ1) is 9.97. The molecular weight excluding hydrogens is 190 g/mol. The van der Waals surface area contributed by atoms with Gasteiger partial charge in [-0.05, 0) is 5.56 Å². The first-order valence-corrected chi connectivity index (χ1v) is 3.71. The zero-order valence-corrected chi connectivity index (χ0v) is 7.08. The Labute approximate surface area is 79.2 Å². The number of hydrogen-bond acceptors (Lipinski definition) is 5. The van der Waals surface area contributed by atoms with E-state index in [0.29, 0.717) is 0 Å². The quantitative estimate of drug-likeness (QED) is 0.417. The van der Waals surface area contributed by atoms with E-state index < -0.39 is 11.2 Å². The molecule has 0 aliphatic carbocycles. The van der Waals surface area contributed by atoms with Gasteiger partial charge in [0.15, 0.2) is 0 Å². The number of benzene rings is 1.